The van der Waals surface area contributed by atoms with Crippen molar-refractivity contribution in [3.8, 4) is 0 Å². The Morgan fingerprint density at radius 2 is 1.93 bits per heavy atom. The number of benzene rings is 1. The molecule has 1 atom stereocenters. The fraction of sp³-hybridized carbons (Fsp3) is 0.522. The molecule has 1 unspecified atom stereocenters. The molecule has 0 radical (unpaired) electrons. The van der Waals surface area contributed by atoms with Gasteiger partial charge in [-0.15, -0.1) is 10.2 Å². The summed E-state index contributed by atoms with van der Waals surface area (Å²) in [6, 6.07) is 8.94. The van der Waals surface area contributed by atoms with E-state index in [2.05, 4.69) is 64.8 Å². The highest BCUT2D eigenvalue weighted by Crippen LogP contribution is 2.48. The van der Waals surface area contributed by atoms with Crippen LogP contribution in [0.5, 0.6) is 0 Å². The maximum Gasteiger partial charge on any atom is 0.192 e. The zero-order valence-corrected chi connectivity index (χ0v) is 18.4. The second-order valence-corrected chi connectivity index (χ2v) is 10.4. The zero-order valence-electron chi connectivity index (χ0n) is 17.6. The summed E-state index contributed by atoms with van der Waals surface area (Å²) in [5.74, 6) is 1.85. The Bertz CT molecular complexity index is 1000. The number of carbonyl (C=O) groups excluding carboxylic acids is 1. The number of likely N-dealkylation sites (N-methyl/N-ethyl adjacent to an activating group) is 1. The highest BCUT2D eigenvalue weighted by molar-refractivity contribution is 8.00. The molecule has 0 saturated heterocycles. The van der Waals surface area contributed by atoms with Gasteiger partial charge in [-0.25, -0.2) is 0 Å². The van der Waals surface area contributed by atoms with Crippen molar-refractivity contribution in [1.82, 2.24) is 14.8 Å². The van der Waals surface area contributed by atoms with Crippen molar-refractivity contribution >= 4 is 23.2 Å². The molecule has 2 aromatic rings. The molecule has 2 aliphatic carbocycles. The number of nitrogens with zero attached hydrogens (tertiary/aromatic N) is 4. The van der Waals surface area contributed by atoms with Crippen LogP contribution in [0.15, 0.2) is 41.2 Å². The molecule has 0 spiro atoms. The molecule has 0 amide bonds. The minimum atomic E-state index is -0.191. The topological polar surface area (TPSA) is 51.0 Å². The van der Waals surface area contributed by atoms with Gasteiger partial charge >= 0.3 is 0 Å². The fourth-order valence-corrected chi connectivity index (χ4v) is 5.34. The molecular weight excluding hydrogens is 380 g/mol. The summed E-state index contributed by atoms with van der Waals surface area (Å²) in [7, 11) is 2.05. The number of anilines is 1. The van der Waals surface area contributed by atoms with Crippen molar-refractivity contribution in [2.75, 3.05) is 11.9 Å². The van der Waals surface area contributed by atoms with Crippen molar-refractivity contribution in [1.29, 1.82) is 0 Å². The highest BCUT2D eigenvalue weighted by Gasteiger charge is 2.40. The van der Waals surface area contributed by atoms with Crippen LogP contribution in [0.3, 0.4) is 0 Å². The normalized spacial score (nSPS) is 22.8. The van der Waals surface area contributed by atoms with Gasteiger partial charge in [0, 0.05) is 41.9 Å². The molecule has 1 aliphatic heterocycles. The fourth-order valence-electron chi connectivity index (χ4n) is 4.39. The molecule has 1 aromatic carbocycles. The third kappa shape index (κ3) is 3.21. The predicted octanol–water partition coefficient (Wildman–Crippen LogP) is 4.85. The van der Waals surface area contributed by atoms with E-state index in [9.17, 15) is 4.79 Å². The second-order valence-electron chi connectivity index (χ2n) is 9.11. The van der Waals surface area contributed by atoms with Crippen molar-refractivity contribution in [3.63, 3.8) is 0 Å². The van der Waals surface area contributed by atoms with Gasteiger partial charge in [0.05, 0.1) is 5.25 Å². The largest absolute Gasteiger partial charge is 0.347 e. The number of aromatic nitrogens is 3. The SMILES string of the molecule is CC(Sc1nnc(C2CC2)n1C1CC1)C(=O)/C=C1/N(C)c2ccccc2C1(C)C. The van der Waals surface area contributed by atoms with E-state index in [-0.39, 0.29) is 16.4 Å². The van der Waals surface area contributed by atoms with Crippen LogP contribution < -0.4 is 4.90 Å². The molecule has 5 rings (SSSR count). The van der Waals surface area contributed by atoms with Crippen molar-refractivity contribution in [2.24, 2.45) is 0 Å². The van der Waals surface area contributed by atoms with Crippen LogP contribution in [-0.2, 0) is 10.2 Å². The van der Waals surface area contributed by atoms with Crippen molar-refractivity contribution in [2.45, 2.75) is 74.2 Å². The lowest BCUT2D eigenvalue weighted by Crippen LogP contribution is -2.25. The van der Waals surface area contributed by atoms with E-state index in [0.717, 1.165) is 16.7 Å². The number of allylic oxidation sites excluding steroid dienone is 2. The lowest BCUT2D eigenvalue weighted by molar-refractivity contribution is -0.114. The number of rotatable bonds is 6. The van der Waals surface area contributed by atoms with Gasteiger partial charge in [0.1, 0.15) is 5.82 Å². The first-order chi connectivity index (χ1) is 13.9. The van der Waals surface area contributed by atoms with E-state index >= 15 is 0 Å². The Morgan fingerprint density at radius 1 is 1.21 bits per heavy atom. The monoisotopic (exact) mass is 408 g/mol. The van der Waals surface area contributed by atoms with Crippen LogP contribution in [0.4, 0.5) is 5.69 Å². The molecule has 2 saturated carbocycles. The van der Waals surface area contributed by atoms with E-state index in [4.69, 9.17) is 0 Å². The highest BCUT2D eigenvalue weighted by atomic mass is 32.2. The standard InChI is InChI=1S/C23H28N4OS/c1-14(29-22-25-24-21(15-9-10-15)27(22)16-11-12-16)19(28)13-20-23(2,3)17-7-5-6-8-18(17)26(20)4/h5-8,13-16H,9-12H2,1-4H3/b20-13+. The quantitative estimate of drug-likeness (QED) is 0.505. The first-order valence-electron chi connectivity index (χ1n) is 10.6. The third-order valence-electron chi connectivity index (χ3n) is 6.45. The molecule has 6 heteroatoms. The van der Waals surface area contributed by atoms with Gasteiger partial charge in [-0.05, 0) is 44.2 Å². The molecular formula is C23H28N4OS. The average Bonchev–Trinajstić information content (AvgIpc) is 3.63. The van der Waals surface area contributed by atoms with E-state index in [1.54, 1.807) is 11.8 Å². The van der Waals surface area contributed by atoms with Crippen molar-refractivity contribution < 1.29 is 4.79 Å². The summed E-state index contributed by atoms with van der Waals surface area (Å²) < 4.78 is 2.32. The van der Waals surface area contributed by atoms with Gasteiger partial charge in [0.2, 0.25) is 0 Å². The molecule has 3 aliphatic rings. The number of thioether (sulfide) groups is 1. The first-order valence-corrected chi connectivity index (χ1v) is 11.5. The number of fused-ring (bicyclic) bond motifs is 1. The second kappa shape index (κ2) is 6.73. The summed E-state index contributed by atoms with van der Waals surface area (Å²) in [5, 5.41) is 9.66. The molecule has 152 valence electrons. The van der Waals surface area contributed by atoms with Crippen LogP contribution in [0.2, 0.25) is 0 Å². The summed E-state index contributed by atoms with van der Waals surface area (Å²) in [6.07, 6.45) is 6.69. The van der Waals surface area contributed by atoms with E-state index in [1.165, 1.54) is 36.9 Å². The molecule has 5 nitrogen and oxygen atoms in total. The van der Waals surface area contributed by atoms with Crippen LogP contribution >= 0.6 is 11.8 Å². The van der Waals surface area contributed by atoms with Gasteiger partial charge in [-0.2, -0.15) is 0 Å². The smallest absolute Gasteiger partial charge is 0.192 e. The molecule has 0 N–H and O–H groups in total. The Morgan fingerprint density at radius 3 is 2.59 bits per heavy atom. The van der Waals surface area contributed by atoms with Crippen molar-refractivity contribution in [3.05, 3.63) is 47.4 Å². The Labute approximate surface area is 176 Å². The van der Waals surface area contributed by atoms with Crippen LogP contribution in [0, 0.1) is 0 Å². The van der Waals surface area contributed by atoms with Gasteiger partial charge < -0.3 is 9.47 Å². The molecule has 29 heavy (non-hydrogen) atoms. The van der Waals surface area contributed by atoms with Crippen LogP contribution in [-0.4, -0.2) is 32.8 Å². The number of ketones is 1. The minimum absolute atomic E-state index is 0.135. The number of hydrogen-bond donors (Lipinski definition) is 0. The van der Waals surface area contributed by atoms with E-state index < -0.39 is 0 Å². The molecule has 2 fully saturated rings. The average molecular weight is 409 g/mol. The van der Waals surface area contributed by atoms with E-state index in [1.807, 2.05) is 13.0 Å². The molecule has 2 heterocycles. The van der Waals surface area contributed by atoms with Gasteiger partial charge in [-0.1, -0.05) is 43.8 Å². The molecule has 0 bridgehead atoms. The van der Waals surface area contributed by atoms with Gasteiger partial charge in [0.25, 0.3) is 0 Å². The van der Waals surface area contributed by atoms with Gasteiger partial charge in [0.15, 0.2) is 10.9 Å². The summed E-state index contributed by atoms with van der Waals surface area (Å²) in [4.78, 5) is 15.3. The summed E-state index contributed by atoms with van der Waals surface area (Å²) in [6.45, 7) is 6.37. The Balaban J connectivity index is 1.38. The first kappa shape index (κ1) is 18.9. The maximum atomic E-state index is 13.2. The molecule has 1 aromatic heterocycles. The third-order valence-corrected chi connectivity index (χ3v) is 7.52. The Hall–Kier alpha value is -2.08. The van der Waals surface area contributed by atoms with Gasteiger partial charge in [-0.3, -0.25) is 4.79 Å². The van der Waals surface area contributed by atoms with Crippen LogP contribution in [0.1, 0.15) is 69.8 Å². The zero-order chi connectivity index (χ0) is 20.3. The Kier molecular flexibility index (Phi) is 4.39. The predicted molar refractivity (Wildman–Crippen MR) is 117 cm³/mol. The number of para-hydroxylation sites is 1. The minimum Gasteiger partial charge on any atom is -0.347 e. The summed E-state index contributed by atoms with van der Waals surface area (Å²) in [5.41, 5.74) is 3.32. The maximum absolute atomic E-state index is 13.2. The lowest BCUT2D eigenvalue weighted by atomic mass is 9.83. The van der Waals surface area contributed by atoms with E-state index in [0.29, 0.717) is 12.0 Å². The van der Waals surface area contributed by atoms with Crippen LogP contribution in [0.25, 0.3) is 0 Å². The number of hydrogen-bond acceptors (Lipinski definition) is 5. The summed E-state index contributed by atoms with van der Waals surface area (Å²) >= 11 is 1.56. The lowest BCUT2D eigenvalue weighted by Gasteiger charge is -2.24. The number of carbonyl (C=O) groups is 1.